The van der Waals surface area contributed by atoms with Gasteiger partial charge >= 0.3 is 0 Å². The first-order chi connectivity index (χ1) is 9.25. The summed E-state index contributed by atoms with van der Waals surface area (Å²) in [6.45, 7) is 0. The van der Waals surface area contributed by atoms with E-state index in [0.717, 1.165) is 41.7 Å². The molecule has 1 aliphatic rings. The first-order valence-corrected chi connectivity index (χ1v) is 6.88. The number of ketones is 1. The zero-order chi connectivity index (χ0) is 13.2. The Balaban J connectivity index is 1.87. The lowest BCUT2D eigenvalue weighted by Gasteiger charge is -2.11. The number of allylic oxidation sites excluding steroid dienone is 2. The predicted molar refractivity (Wildman–Crippen MR) is 76.0 cm³/mol. The van der Waals surface area contributed by atoms with Gasteiger partial charge in [0.1, 0.15) is 5.82 Å². The number of benzene rings is 1. The summed E-state index contributed by atoms with van der Waals surface area (Å²) in [6, 6.07) is 8.00. The molecule has 0 radical (unpaired) electrons. The minimum atomic E-state index is 0.234. The zero-order valence-corrected chi connectivity index (χ0v) is 11.2. The van der Waals surface area contributed by atoms with Crippen LogP contribution in [-0.2, 0) is 18.3 Å². The summed E-state index contributed by atoms with van der Waals surface area (Å²) in [5, 5.41) is 0. The molecule has 0 saturated heterocycles. The lowest BCUT2D eigenvalue weighted by Crippen LogP contribution is -2.12. The highest BCUT2D eigenvalue weighted by Crippen LogP contribution is 2.20. The lowest BCUT2D eigenvalue weighted by atomic mass is 9.95. The fourth-order valence-corrected chi connectivity index (χ4v) is 2.70. The topological polar surface area (TPSA) is 34.9 Å². The maximum Gasteiger partial charge on any atom is 0.166 e. The maximum atomic E-state index is 12.3. The van der Waals surface area contributed by atoms with Crippen LogP contribution in [0.25, 0.3) is 11.0 Å². The number of rotatable bonds is 3. The van der Waals surface area contributed by atoms with Crippen molar-refractivity contribution in [1.82, 2.24) is 9.55 Å². The minimum Gasteiger partial charge on any atom is -0.331 e. The molecule has 0 amide bonds. The number of aryl methyl sites for hydroxylation is 1. The number of carbonyl (C=O) groups is 1. The van der Waals surface area contributed by atoms with Crippen LogP contribution in [-0.4, -0.2) is 15.3 Å². The Bertz CT molecular complexity index is 652. The van der Waals surface area contributed by atoms with Gasteiger partial charge in [0.25, 0.3) is 0 Å². The van der Waals surface area contributed by atoms with Crippen molar-refractivity contribution in [3.05, 3.63) is 41.7 Å². The number of hydrogen-bond donors (Lipinski definition) is 0. The fourth-order valence-electron chi connectivity index (χ4n) is 2.70. The van der Waals surface area contributed by atoms with E-state index in [-0.39, 0.29) is 5.78 Å². The van der Waals surface area contributed by atoms with Crippen LogP contribution in [0.1, 0.15) is 31.5 Å². The summed E-state index contributed by atoms with van der Waals surface area (Å²) in [4.78, 5) is 16.8. The highest BCUT2D eigenvalue weighted by molar-refractivity contribution is 5.96. The number of hydrogen-bond acceptors (Lipinski definition) is 2. The molecule has 0 saturated carbocycles. The first-order valence-electron chi connectivity index (χ1n) is 6.88. The molecule has 1 aliphatic carbocycles. The fraction of sp³-hybridized carbons (Fsp3) is 0.375. The molecule has 1 aromatic heterocycles. The Kier molecular flexibility index (Phi) is 3.20. The molecule has 0 spiro atoms. The molecule has 0 fully saturated rings. The summed E-state index contributed by atoms with van der Waals surface area (Å²) in [6.07, 6.45) is 6.85. The normalized spacial score (nSPS) is 15.5. The average Bonchev–Trinajstić information content (AvgIpc) is 2.77. The van der Waals surface area contributed by atoms with E-state index in [2.05, 4.69) is 11.1 Å². The van der Waals surface area contributed by atoms with Gasteiger partial charge in [-0.25, -0.2) is 4.98 Å². The molecular weight excluding hydrogens is 236 g/mol. The van der Waals surface area contributed by atoms with Crippen molar-refractivity contribution in [2.75, 3.05) is 0 Å². The molecule has 3 rings (SSSR count). The van der Waals surface area contributed by atoms with Gasteiger partial charge in [0.05, 0.1) is 17.5 Å². The summed E-state index contributed by atoms with van der Waals surface area (Å²) in [7, 11) is 1.98. The van der Waals surface area contributed by atoms with Gasteiger partial charge in [-0.2, -0.15) is 0 Å². The van der Waals surface area contributed by atoms with Crippen LogP contribution >= 0.6 is 0 Å². The van der Waals surface area contributed by atoms with E-state index in [1.165, 1.54) is 6.42 Å². The van der Waals surface area contributed by atoms with Crippen molar-refractivity contribution in [3.63, 3.8) is 0 Å². The van der Waals surface area contributed by atoms with Crippen LogP contribution in [0.4, 0.5) is 0 Å². The van der Waals surface area contributed by atoms with Crippen molar-refractivity contribution in [1.29, 1.82) is 0 Å². The van der Waals surface area contributed by atoms with Gasteiger partial charge in [0.2, 0.25) is 0 Å². The number of imidazole rings is 1. The molecule has 98 valence electrons. The van der Waals surface area contributed by atoms with Crippen molar-refractivity contribution >= 4 is 16.8 Å². The van der Waals surface area contributed by atoms with E-state index >= 15 is 0 Å². The number of para-hydroxylation sites is 2. The first kappa shape index (κ1) is 12.2. The van der Waals surface area contributed by atoms with Crippen LogP contribution in [0, 0.1) is 0 Å². The van der Waals surface area contributed by atoms with Gasteiger partial charge < -0.3 is 4.57 Å². The van der Waals surface area contributed by atoms with Gasteiger partial charge in [-0.1, -0.05) is 18.2 Å². The largest absolute Gasteiger partial charge is 0.331 e. The van der Waals surface area contributed by atoms with E-state index in [1.807, 2.05) is 35.9 Å². The van der Waals surface area contributed by atoms with Gasteiger partial charge in [0, 0.05) is 7.05 Å². The second-order valence-electron chi connectivity index (χ2n) is 5.15. The molecule has 3 heteroatoms. The summed E-state index contributed by atoms with van der Waals surface area (Å²) >= 11 is 0. The molecular formula is C16H18N2O. The number of aromatic nitrogens is 2. The predicted octanol–water partition coefficient (Wildman–Crippen LogP) is 3.19. The molecule has 19 heavy (non-hydrogen) atoms. The second kappa shape index (κ2) is 5.00. The lowest BCUT2D eigenvalue weighted by molar-refractivity contribution is -0.115. The minimum absolute atomic E-state index is 0.234. The standard InChI is InChI=1S/C16H18N2O/c1-18-14-10-6-5-9-13(14)17-16(18)11-15(19)12-7-3-2-4-8-12/h5-7,9-10H,2-4,8,11H2,1H3. The molecule has 1 heterocycles. The van der Waals surface area contributed by atoms with Gasteiger partial charge in [-0.05, 0) is 43.4 Å². The highest BCUT2D eigenvalue weighted by atomic mass is 16.1. The van der Waals surface area contributed by atoms with Crippen molar-refractivity contribution in [3.8, 4) is 0 Å². The van der Waals surface area contributed by atoms with Gasteiger partial charge in [0.15, 0.2) is 5.78 Å². The van der Waals surface area contributed by atoms with Gasteiger partial charge in [-0.15, -0.1) is 0 Å². The third-order valence-corrected chi connectivity index (χ3v) is 3.85. The molecule has 3 nitrogen and oxygen atoms in total. The van der Waals surface area contributed by atoms with E-state index in [1.54, 1.807) is 0 Å². The molecule has 1 aromatic carbocycles. The van der Waals surface area contributed by atoms with Crippen LogP contribution in [0.5, 0.6) is 0 Å². The molecule has 0 bridgehead atoms. The van der Waals surface area contributed by atoms with Crippen molar-refractivity contribution < 1.29 is 4.79 Å². The highest BCUT2D eigenvalue weighted by Gasteiger charge is 2.16. The van der Waals surface area contributed by atoms with Crippen LogP contribution < -0.4 is 0 Å². The number of fused-ring (bicyclic) bond motifs is 1. The summed E-state index contributed by atoms with van der Waals surface area (Å²) < 4.78 is 2.02. The second-order valence-corrected chi connectivity index (χ2v) is 5.15. The Morgan fingerprint density at radius 3 is 2.89 bits per heavy atom. The Labute approximate surface area is 113 Å². The number of Topliss-reactive ketones (excluding diaryl/α,β-unsaturated/α-hetero) is 1. The Morgan fingerprint density at radius 2 is 2.16 bits per heavy atom. The monoisotopic (exact) mass is 254 g/mol. The molecule has 0 aliphatic heterocycles. The Hall–Kier alpha value is -1.90. The van der Waals surface area contributed by atoms with Crippen molar-refractivity contribution in [2.45, 2.75) is 32.1 Å². The molecule has 0 N–H and O–H groups in total. The van der Waals surface area contributed by atoms with Gasteiger partial charge in [-0.3, -0.25) is 4.79 Å². The van der Waals surface area contributed by atoms with E-state index < -0.39 is 0 Å². The summed E-state index contributed by atoms with van der Waals surface area (Å²) in [5.41, 5.74) is 3.05. The molecule has 0 atom stereocenters. The summed E-state index contributed by atoms with van der Waals surface area (Å²) in [5.74, 6) is 1.09. The molecule has 2 aromatic rings. The maximum absolute atomic E-state index is 12.3. The average molecular weight is 254 g/mol. The third-order valence-electron chi connectivity index (χ3n) is 3.85. The quantitative estimate of drug-likeness (QED) is 0.843. The SMILES string of the molecule is Cn1c(CC(=O)C2=CCCCC2)nc2ccccc21. The van der Waals surface area contributed by atoms with E-state index in [9.17, 15) is 4.79 Å². The van der Waals surface area contributed by atoms with Crippen molar-refractivity contribution in [2.24, 2.45) is 7.05 Å². The third kappa shape index (κ3) is 2.33. The van der Waals surface area contributed by atoms with E-state index in [4.69, 9.17) is 0 Å². The smallest absolute Gasteiger partial charge is 0.166 e. The molecule has 0 unspecified atom stereocenters. The van der Waals surface area contributed by atoms with Crippen LogP contribution in [0.2, 0.25) is 0 Å². The number of carbonyl (C=O) groups excluding carboxylic acids is 1. The number of nitrogens with zero attached hydrogens (tertiary/aromatic N) is 2. The van der Waals surface area contributed by atoms with Crippen LogP contribution in [0.15, 0.2) is 35.9 Å². The van der Waals surface area contributed by atoms with Crippen LogP contribution in [0.3, 0.4) is 0 Å². The zero-order valence-electron chi connectivity index (χ0n) is 11.2. The van der Waals surface area contributed by atoms with E-state index in [0.29, 0.717) is 6.42 Å². The Morgan fingerprint density at radius 1 is 1.32 bits per heavy atom.